The third-order valence-corrected chi connectivity index (χ3v) is 2.52. The van der Waals surface area contributed by atoms with Crippen LogP contribution in [0.15, 0.2) is 35.0 Å². The zero-order valence-corrected chi connectivity index (χ0v) is 10.6. The number of pyridine rings is 1. The van der Waals surface area contributed by atoms with Gasteiger partial charge < -0.3 is 4.42 Å². The Balaban J connectivity index is 1.98. The zero-order chi connectivity index (χ0) is 13.8. The van der Waals surface area contributed by atoms with Gasteiger partial charge in [0.25, 0.3) is 11.8 Å². The lowest BCUT2D eigenvalue weighted by Gasteiger charge is -2.06. The molecule has 0 radical (unpaired) electrons. The Morgan fingerprint density at radius 2 is 1.74 bits per heavy atom. The van der Waals surface area contributed by atoms with Crippen LogP contribution >= 0.6 is 0 Å². The van der Waals surface area contributed by atoms with Crippen LogP contribution in [0.1, 0.15) is 32.2 Å². The summed E-state index contributed by atoms with van der Waals surface area (Å²) in [6.07, 6.45) is 3.00. The van der Waals surface area contributed by atoms with Crippen molar-refractivity contribution >= 4 is 11.8 Å². The number of hydrazine groups is 1. The van der Waals surface area contributed by atoms with Gasteiger partial charge in [0.2, 0.25) is 0 Å². The van der Waals surface area contributed by atoms with Gasteiger partial charge in [0.05, 0.1) is 5.56 Å². The molecule has 0 saturated carbocycles. The maximum atomic E-state index is 11.8. The van der Waals surface area contributed by atoms with Gasteiger partial charge in [-0.3, -0.25) is 25.4 Å². The summed E-state index contributed by atoms with van der Waals surface area (Å²) in [5.74, 6) is 0.321. The average molecular weight is 259 g/mol. The Kier molecular flexibility index (Phi) is 3.61. The second kappa shape index (κ2) is 5.34. The van der Waals surface area contributed by atoms with Crippen molar-refractivity contribution in [1.82, 2.24) is 15.8 Å². The number of nitrogens with one attached hydrogen (secondary N) is 2. The molecule has 2 aromatic rings. The highest BCUT2D eigenvalue weighted by molar-refractivity contribution is 5.99. The molecule has 2 N–H and O–H groups in total. The summed E-state index contributed by atoms with van der Waals surface area (Å²) in [5.41, 5.74) is 5.47. The van der Waals surface area contributed by atoms with Gasteiger partial charge in [-0.2, -0.15) is 0 Å². The first-order valence-electron chi connectivity index (χ1n) is 5.65. The number of carbonyl (C=O) groups excluding carboxylic acids is 2. The molecule has 6 nitrogen and oxygen atoms in total. The smallest absolute Gasteiger partial charge is 0.273 e. The van der Waals surface area contributed by atoms with Crippen LogP contribution in [0, 0.1) is 13.8 Å². The van der Waals surface area contributed by atoms with E-state index < -0.39 is 11.8 Å². The fourth-order valence-corrected chi connectivity index (χ4v) is 1.61. The van der Waals surface area contributed by atoms with Crippen molar-refractivity contribution in [3.05, 3.63) is 53.2 Å². The highest BCUT2D eigenvalue weighted by Gasteiger charge is 2.14. The minimum Gasteiger partial charge on any atom is -0.466 e. The van der Waals surface area contributed by atoms with E-state index in [-0.39, 0.29) is 0 Å². The van der Waals surface area contributed by atoms with E-state index in [1.807, 2.05) is 0 Å². The van der Waals surface area contributed by atoms with Gasteiger partial charge >= 0.3 is 0 Å². The first kappa shape index (κ1) is 12.8. The highest BCUT2D eigenvalue weighted by Crippen LogP contribution is 2.12. The maximum absolute atomic E-state index is 11.8. The molecule has 2 heterocycles. The predicted molar refractivity (Wildman–Crippen MR) is 67.4 cm³/mol. The third-order valence-electron chi connectivity index (χ3n) is 2.52. The number of rotatable bonds is 2. The Morgan fingerprint density at radius 1 is 1.11 bits per heavy atom. The quantitative estimate of drug-likeness (QED) is 0.798. The molecule has 98 valence electrons. The van der Waals surface area contributed by atoms with Gasteiger partial charge in [0, 0.05) is 18.0 Å². The molecule has 2 rings (SSSR count). The summed E-state index contributed by atoms with van der Waals surface area (Å²) in [4.78, 5) is 27.3. The third kappa shape index (κ3) is 2.98. The van der Waals surface area contributed by atoms with Gasteiger partial charge in [0.1, 0.15) is 11.5 Å². The number of hydrogen-bond donors (Lipinski definition) is 2. The molecule has 0 aliphatic rings. The average Bonchev–Trinajstić information content (AvgIpc) is 2.75. The SMILES string of the molecule is Cc1cc(C(=O)NNC(=O)c2ccncc2)c(C)o1. The summed E-state index contributed by atoms with van der Waals surface area (Å²) in [7, 11) is 0. The second-order valence-electron chi connectivity index (χ2n) is 3.97. The number of nitrogens with zero attached hydrogens (tertiary/aromatic N) is 1. The molecule has 0 fully saturated rings. The zero-order valence-electron chi connectivity index (χ0n) is 10.6. The Labute approximate surface area is 109 Å². The van der Waals surface area contributed by atoms with Crippen LogP contribution in [-0.4, -0.2) is 16.8 Å². The first-order valence-corrected chi connectivity index (χ1v) is 5.65. The minimum absolute atomic E-state index is 0.396. The summed E-state index contributed by atoms with van der Waals surface area (Å²) in [6, 6.07) is 4.72. The molecule has 0 bridgehead atoms. The fraction of sp³-hybridized carbons (Fsp3) is 0.154. The molecule has 2 amide bonds. The normalized spacial score (nSPS) is 10.0. The van der Waals surface area contributed by atoms with E-state index in [0.29, 0.717) is 22.6 Å². The van der Waals surface area contributed by atoms with Gasteiger partial charge in [-0.25, -0.2) is 0 Å². The van der Waals surface area contributed by atoms with Gasteiger partial charge in [0.15, 0.2) is 0 Å². The van der Waals surface area contributed by atoms with Gasteiger partial charge in [-0.1, -0.05) is 0 Å². The van der Waals surface area contributed by atoms with E-state index in [1.54, 1.807) is 32.0 Å². The highest BCUT2D eigenvalue weighted by atomic mass is 16.3. The van der Waals surface area contributed by atoms with E-state index >= 15 is 0 Å². The van der Waals surface area contributed by atoms with Crippen molar-refractivity contribution in [2.75, 3.05) is 0 Å². The van der Waals surface area contributed by atoms with Gasteiger partial charge in [-0.15, -0.1) is 0 Å². The van der Waals surface area contributed by atoms with Crippen LogP contribution in [0.3, 0.4) is 0 Å². The number of amides is 2. The summed E-state index contributed by atoms with van der Waals surface area (Å²) in [5, 5.41) is 0. The van der Waals surface area contributed by atoms with Crippen molar-refractivity contribution in [2.24, 2.45) is 0 Å². The maximum Gasteiger partial charge on any atom is 0.273 e. The van der Waals surface area contributed by atoms with Crippen LogP contribution < -0.4 is 10.9 Å². The lowest BCUT2D eigenvalue weighted by atomic mass is 10.2. The van der Waals surface area contributed by atoms with Crippen molar-refractivity contribution in [2.45, 2.75) is 13.8 Å². The Morgan fingerprint density at radius 3 is 2.32 bits per heavy atom. The molecule has 0 saturated heterocycles. The first-order chi connectivity index (χ1) is 9.08. The lowest BCUT2D eigenvalue weighted by Crippen LogP contribution is -2.41. The molecular weight excluding hydrogens is 246 g/mol. The summed E-state index contributed by atoms with van der Waals surface area (Å²) in [6.45, 7) is 3.44. The number of hydrogen-bond acceptors (Lipinski definition) is 4. The molecule has 0 aliphatic carbocycles. The van der Waals surface area contributed by atoms with E-state index in [2.05, 4.69) is 15.8 Å². The monoisotopic (exact) mass is 259 g/mol. The molecule has 19 heavy (non-hydrogen) atoms. The van der Waals surface area contributed by atoms with Gasteiger partial charge in [-0.05, 0) is 32.0 Å². The molecule has 0 aromatic carbocycles. The lowest BCUT2D eigenvalue weighted by molar-refractivity contribution is 0.0845. The van der Waals surface area contributed by atoms with Crippen molar-refractivity contribution in [1.29, 1.82) is 0 Å². The van der Waals surface area contributed by atoms with Crippen LogP contribution in [0.5, 0.6) is 0 Å². The van der Waals surface area contributed by atoms with E-state index in [1.165, 1.54) is 12.4 Å². The number of carbonyl (C=O) groups is 2. The van der Waals surface area contributed by atoms with Crippen molar-refractivity contribution in [3.8, 4) is 0 Å². The minimum atomic E-state index is -0.420. The number of aromatic nitrogens is 1. The molecule has 0 unspecified atom stereocenters. The standard InChI is InChI=1S/C13H13N3O3/c1-8-7-11(9(2)19-8)13(18)16-15-12(17)10-3-5-14-6-4-10/h3-7H,1-2H3,(H,15,17)(H,16,18). The van der Waals surface area contributed by atoms with Crippen LogP contribution in [0.4, 0.5) is 0 Å². The van der Waals surface area contributed by atoms with Crippen molar-refractivity contribution < 1.29 is 14.0 Å². The summed E-state index contributed by atoms with van der Waals surface area (Å²) >= 11 is 0. The number of aryl methyl sites for hydroxylation is 2. The largest absolute Gasteiger partial charge is 0.466 e. The van der Waals surface area contributed by atoms with Crippen LogP contribution in [0.25, 0.3) is 0 Å². The number of furan rings is 1. The molecule has 6 heteroatoms. The van der Waals surface area contributed by atoms with E-state index in [4.69, 9.17) is 4.42 Å². The molecule has 0 atom stereocenters. The van der Waals surface area contributed by atoms with Crippen LogP contribution in [-0.2, 0) is 0 Å². The van der Waals surface area contributed by atoms with Crippen LogP contribution in [0.2, 0.25) is 0 Å². The Hall–Kier alpha value is -2.63. The van der Waals surface area contributed by atoms with E-state index in [9.17, 15) is 9.59 Å². The van der Waals surface area contributed by atoms with E-state index in [0.717, 1.165) is 0 Å². The molecule has 0 spiro atoms. The molecule has 2 aromatic heterocycles. The Bertz CT molecular complexity index is 605. The van der Waals surface area contributed by atoms with Crippen molar-refractivity contribution in [3.63, 3.8) is 0 Å². The predicted octanol–water partition coefficient (Wildman–Crippen LogP) is 1.37. The summed E-state index contributed by atoms with van der Waals surface area (Å²) < 4.78 is 5.25. The topological polar surface area (TPSA) is 84.2 Å². The molecular formula is C13H13N3O3. The second-order valence-corrected chi connectivity index (χ2v) is 3.97. The molecule has 0 aliphatic heterocycles. The fourth-order valence-electron chi connectivity index (χ4n) is 1.61.